The van der Waals surface area contributed by atoms with Crippen molar-refractivity contribution in [2.24, 2.45) is 16.8 Å². The molecule has 2 aromatic carbocycles. The molecule has 1 saturated heterocycles. The van der Waals surface area contributed by atoms with Crippen molar-refractivity contribution in [3.05, 3.63) is 66.5 Å². The molecule has 1 aromatic heterocycles. The molecule has 0 bridgehead atoms. The summed E-state index contributed by atoms with van der Waals surface area (Å²) in [5, 5.41) is 2.30. The monoisotopic (exact) mass is 492 g/mol. The second-order valence-electron chi connectivity index (χ2n) is 11.3. The molecule has 3 aromatic rings. The van der Waals surface area contributed by atoms with E-state index in [1.807, 2.05) is 22.2 Å². The van der Waals surface area contributed by atoms with Gasteiger partial charge in [0, 0.05) is 48.9 Å². The number of rotatable bonds is 5. The molecule has 1 atom stereocenters. The number of pyridine rings is 1. The molecule has 2 aliphatic heterocycles. The van der Waals surface area contributed by atoms with Crippen molar-refractivity contribution in [2.75, 3.05) is 19.6 Å². The molecule has 3 fully saturated rings. The summed E-state index contributed by atoms with van der Waals surface area (Å²) < 4.78 is 0. The Bertz CT molecular complexity index is 1400. The van der Waals surface area contributed by atoms with Gasteiger partial charge in [-0.15, -0.1) is 0 Å². The van der Waals surface area contributed by atoms with Crippen LogP contribution in [0.2, 0.25) is 0 Å². The number of carbonyl (C=O) groups is 2. The molecule has 6 heteroatoms. The first kappa shape index (κ1) is 22.6. The van der Waals surface area contributed by atoms with Crippen molar-refractivity contribution in [1.82, 2.24) is 14.8 Å². The van der Waals surface area contributed by atoms with Crippen LogP contribution in [0, 0.1) is 11.8 Å². The number of hydrogen-bond acceptors (Lipinski definition) is 4. The highest BCUT2D eigenvalue weighted by Gasteiger charge is 2.50. The number of amidine groups is 1. The maximum Gasteiger partial charge on any atom is 0.256 e. The number of hydrogen-bond donors (Lipinski definition) is 0. The van der Waals surface area contributed by atoms with E-state index in [2.05, 4.69) is 53.5 Å². The topological polar surface area (TPSA) is 65.9 Å². The molecule has 0 unspecified atom stereocenters. The highest BCUT2D eigenvalue weighted by Crippen LogP contribution is 2.41. The van der Waals surface area contributed by atoms with E-state index in [0.29, 0.717) is 18.4 Å². The lowest BCUT2D eigenvalue weighted by atomic mass is 9.97. The third-order valence-electron chi connectivity index (χ3n) is 8.75. The van der Waals surface area contributed by atoms with Crippen LogP contribution < -0.4 is 0 Å². The number of benzene rings is 2. The van der Waals surface area contributed by atoms with E-state index in [4.69, 9.17) is 4.99 Å². The van der Waals surface area contributed by atoms with Crippen molar-refractivity contribution in [3.63, 3.8) is 0 Å². The molecule has 4 aliphatic rings. The van der Waals surface area contributed by atoms with E-state index in [1.54, 1.807) is 0 Å². The number of likely N-dealkylation sites (tertiary alicyclic amines) is 1. The average Bonchev–Trinajstić information content (AvgIpc) is 3.39. The lowest BCUT2D eigenvalue weighted by Gasteiger charge is -2.25. The SMILES string of the molecule is O=C(C1CC1)N1CC[C@@H](CN2C(=O)C3(CCCC3)N=C2c2ccc(-c3cccc4cnccc34)cc2)C1. The van der Waals surface area contributed by atoms with Crippen molar-refractivity contribution in [2.45, 2.75) is 50.5 Å². The van der Waals surface area contributed by atoms with Crippen molar-refractivity contribution in [3.8, 4) is 11.1 Å². The quantitative estimate of drug-likeness (QED) is 0.500. The predicted octanol–water partition coefficient (Wildman–Crippen LogP) is 5.06. The first-order valence-corrected chi connectivity index (χ1v) is 13.8. The van der Waals surface area contributed by atoms with E-state index in [0.717, 1.165) is 80.4 Å². The Hall–Kier alpha value is -3.54. The number of aliphatic imine (C=N–C) groups is 1. The lowest BCUT2D eigenvalue weighted by Crippen LogP contribution is -2.44. The number of carbonyl (C=O) groups excluding carboxylic acids is 2. The Morgan fingerprint density at radius 2 is 1.76 bits per heavy atom. The molecular formula is C31H32N4O2. The Kier molecular flexibility index (Phi) is 5.38. The summed E-state index contributed by atoms with van der Waals surface area (Å²) in [6, 6.07) is 16.9. The van der Waals surface area contributed by atoms with Crippen LogP contribution in [0.3, 0.4) is 0 Å². The van der Waals surface area contributed by atoms with Crippen LogP contribution in [0.1, 0.15) is 50.5 Å². The number of amides is 2. The van der Waals surface area contributed by atoms with Gasteiger partial charge in [-0.2, -0.15) is 0 Å². The van der Waals surface area contributed by atoms with Gasteiger partial charge in [0.1, 0.15) is 11.4 Å². The third kappa shape index (κ3) is 3.94. The average molecular weight is 493 g/mol. The summed E-state index contributed by atoms with van der Waals surface area (Å²) in [5.41, 5.74) is 2.72. The van der Waals surface area contributed by atoms with E-state index in [1.165, 1.54) is 10.9 Å². The van der Waals surface area contributed by atoms with E-state index >= 15 is 0 Å². The Morgan fingerprint density at radius 3 is 2.54 bits per heavy atom. The first-order chi connectivity index (χ1) is 18.1. The molecule has 7 rings (SSSR count). The molecular weight excluding hydrogens is 460 g/mol. The van der Waals surface area contributed by atoms with Gasteiger partial charge in [0.05, 0.1) is 0 Å². The van der Waals surface area contributed by atoms with E-state index in [-0.39, 0.29) is 11.8 Å². The minimum absolute atomic E-state index is 0.164. The Morgan fingerprint density at radius 1 is 0.973 bits per heavy atom. The highest BCUT2D eigenvalue weighted by atomic mass is 16.2. The van der Waals surface area contributed by atoms with Gasteiger partial charge in [0.25, 0.3) is 5.91 Å². The van der Waals surface area contributed by atoms with Gasteiger partial charge in [-0.1, -0.05) is 55.3 Å². The van der Waals surface area contributed by atoms with Gasteiger partial charge in [-0.25, -0.2) is 0 Å². The maximum absolute atomic E-state index is 13.8. The van der Waals surface area contributed by atoms with Crippen LogP contribution in [0.15, 0.2) is 65.9 Å². The number of fused-ring (bicyclic) bond motifs is 1. The summed E-state index contributed by atoms with van der Waals surface area (Å²) >= 11 is 0. The molecule has 0 N–H and O–H groups in total. The summed E-state index contributed by atoms with van der Waals surface area (Å²) in [6.45, 7) is 2.22. The summed E-state index contributed by atoms with van der Waals surface area (Å²) in [5.74, 6) is 1.85. The molecule has 2 amide bonds. The molecule has 188 valence electrons. The van der Waals surface area contributed by atoms with Crippen molar-refractivity contribution >= 4 is 28.4 Å². The minimum Gasteiger partial charge on any atom is -0.342 e. The molecule has 37 heavy (non-hydrogen) atoms. The molecule has 6 nitrogen and oxygen atoms in total. The third-order valence-corrected chi connectivity index (χ3v) is 8.75. The summed E-state index contributed by atoms with van der Waals surface area (Å²) in [7, 11) is 0. The molecule has 1 spiro atoms. The second-order valence-corrected chi connectivity index (χ2v) is 11.3. The van der Waals surface area contributed by atoms with Gasteiger partial charge in [-0.3, -0.25) is 24.5 Å². The van der Waals surface area contributed by atoms with Gasteiger partial charge < -0.3 is 4.90 Å². The fourth-order valence-electron chi connectivity index (χ4n) is 6.54. The summed E-state index contributed by atoms with van der Waals surface area (Å²) in [6.07, 6.45) is 10.5. The fourth-order valence-corrected chi connectivity index (χ4v) is 6.54. The molecule has 2 saturated carbocycles. The zero-order chi connectivity index (χ0) is 25.0. The maximum atomic E-state index is 13.8. The lowest BCUT2D eigenvalue weighted by molar-refractivity contribution is -0.131. The van der Waals surface area contributed by atoms with Gasteiger partial charge >= 0.3 is 0 Å². The van der Waals surface area contributed by atoms with Crippen LogP contribution in [0.4, 0.5) is 0 Å². The fraction of sp³-hybridized carbons (Fsp3) is 0.419. The molecule has 2 aliphatic carbocycles. The molecule has 0 radical (unpaired) electrons. The van der Waals surface area contributed by atoms with E-state index in [9.17, 15) is 9.59 Å². The Balaban J connectivity index is 1.17. The predicted molar refractivity (Wildman–Crippen MR) is 144 cm³/mol. The highest BCUT2D eigenvalue weighted by molar-refractivity contribution is 6.15. The smallest absolute Gasteiger partial charge is 0.256 e. The van der Waals surface area contributed by atoms with Crippen molar-refractivity contribution in [1.29, 1.82) is 0 Å². The first-order valence-electron chi connectivity index (χ1n) is 13.8. The van der Waals surface area contributed by atoms with Gasteiger partial charge in [0.15, 0.2) is 0 Å². The number of nitrogens with zero attached hydrogens (tertiary/aromatic N) is 4. The number of aromatic nitrogens is 1. The van der Waals surface area contributed by atoms with Gasteiger partial charge in [0.2, 0.25) is 5.91 Å². The summed E-state index contributed by atoms with van der Waals surface area (Å²) in [4.78, 5) is 39.8. The zero-order valence-corrected chi connectivity index (χ0v) is 21.1. The van der Waals surface area contributed by atoms with Crippen LogP contribution in [-0.2, 0) is 9.59 Å². The largest absolute Gasteiger partial charge is 0.342 e. The molecule has 3 heterocycles. The van der Waals surface area contributed by atoms with Crippen molar-refractivity contribution < 1.29 is 9.59 Å². The second kappa shape index (κ2) is 8.79. The minimum atomic E-state index is -0.585. The van der Waals surface area contributed by atoms with E-state index < -0.39 is 5.54 Å². The van der Waals surface area contributed by atoms with Gasteiger partial charge in [-0.05, 0) is 60.6 Å². The standard InChI is InChI=1S/C31H32N4O2/c36-29(24-10-11-24)34-17-13-21(19-34)20-35-28(33-31(30(35)37)14-1-2-15-31)23-8-6-22(7-9-23)26-5-3-4-25-18-32-16-12-27(25)26/h3-9,12,16,18,21,24H,1-2,10-11,13-15,17,19-20H2/t21-/m1/s1. The van der Waals surface area contributed by atoms with Crippen LogP contribution in [0.5, 0.6) is 0 Å². The van der Waals surface area contributed by atoms with Crippen LogP contribution >= 0.6 is 0 Å². The van der Waals surface area contributed by atoms with Crippen LogP contribution in [0.25, 0.3) is 21.9 Å². The Labute approximate surface area is 217 Å². The van der Waals surface area contributed by atoms with Crippen LogP contribution in [-0.4, -0.2) is 57.6 Å². The zero-order valence-electron chi connectivity index (χ0n) is 21.1. The normalized spacial score (nSPS) is 22.9.